The van der Waals surface area contributed by atoms with Gasteiger partial charge in [-0.25, -0.2) is 0 Å². The monoisotopic (exact) mass is 525 g/mol. The van der Waals surface area contributed by atoms with Gasteiger partial charge < -0.3 is 9.47 Å². The first-order valence-electron chi connectivity index (χ1n) is 13.9. The lowest BCUT2D eigenvalue weighted by Crippen LogP contribution is -2.21. The molecule has 0 N–H and O–H groups in total. The van der Waals surface area contributed by atoms with Gasteiger partial charge in [0, 0.05) is 28.6 Å². The minimum Gasteiger partial charge on any atom is -0.335 e. The predicted molar refractivity (Wildman–Crippen MR) is 173 cm³/mol. The Bertz CT molecular complexity index is 2100. The van der Waals surface area contributed by atoms with E-state index in [1.807, 2.05) is 12.1 Å². The maximum Gasteiger partial charge on any atom is 0.0859 e. The van der Waals surface area contributed by atoms with Gasteiger partial charge in [-0.05, 0) is 71.4 Å². The molecule has 6 aromatic carbocycles. The Kier molecular flexibility index (Phi) is 5.36. The SMILES string of the molecule is C=Nc1ccccc1N1Cc2ccccc2-c2cc3c(cc21)c1ccccc1n3-c1cccc(-c2ccccc2)c1. The van der Waals surface area contributed by atoms with Crippen molar-refractivity contribution in [3.05, 3.63) is 145 Å². The molecule has 41 heavy (non-hydrogen) atoms. The molecule has 0 radical (unpaired) electrons. The van der Waals surface area contributed by atoms with Gasteiger partial charge in [0.05, 0.1) is 28.1 Å². The number of anilines is 2. The fraction of sp³-hybridized carbons (Fsp3) is 0.0263. The van der Waals surface area contributed by atoms with E-state index in [1.54, 1.807) is 0 Å². The summed E-state index contributed by atoms with van der Waals surface area (Å²) in [5.74, 6) is 0. The molecule has 0 bridgehead atoms. The van der Waals surface area contributed by atoms with Crippen LogP contribution < -0.4 is 4.90 Å². The molecule has 0 amide bonds. The second-order valence-corrected chi connectivity index (χ2v) is 10.5. The van der Waals surface area contributed by atoms with Gasteiger partial charge in [-0.1, -0.05) is 97.1 Å². The highest BCUT2D eigenvalue weighted by molar-refractivity contribution is 6.13. The number of fused-ring (bicyclic) bond motifs is 6. The summed E-state index contributed by atoms with van der Waals surface area (Å²) in [6.07, 6.45) is 0. The van der Waals surface area contributed by atoms with Crippen molar-refractivity contribution in [3.8, 4) is 27.9 Å². The Morgan fingerprint density at radius 3 is 2.20 bits per heavy atom. The topological polar surface area (TPSA) is 20.5 Å². The van der Waals surface area contributed by atoms with Crippen molar-refractivity contribution in [2.75, 3.05) is 4.90 Å². The molecule has 8 rings (SSSR count). The Morgan fingerprint density at radius 2 is 1.29 bits per heavy atom. The van der Waals surface area contributed by atoms with Gasteiger partial charge in [0.2, 0.25) is 0 Å². The third kappa shape index (κ3) is 3.70. The normalized spacial score (nSPS) is 12.3. The first-order chi connectivity index (χ1) is 20.3. The molecule has 3 heteroatoms. The Hall–Kier alpha value is -5.41. The van der Waals surface area contributed by atoms with Crippen LogP contribution in [0.2, 0.25) is 0 Å². The molecular formula is C38H27N3. The van der Waals surface area contributed by atoms with E-state index in [0.717, 1.165) is 23.6 Å². The van der Waals surface area contributed by atoms with Crippen molar-refractivity contribution >= 4 is 45.6 Å². The lowest BCUT2D eigenvalue weighted by Gasteiger charge is -2.34. The molecule has 0 aliphatic carbocycles. The van der Waals surface area contributed by atoms with E-state index in [2.05, 4.69) is 149 Å². The van der Waals surface area contributed by atoms with Crippen LogP contribution in [0.4, 0.5) is 17.1 Å². The van der Waals surface area contributed by atoms with E-state index in [9.17, 15) is 0 Å². The molecule has 7 aromatic rings. The number of benzene rings is 6. The standard InChI is InChI=1S/C38H27N3/c1-39-34-19-8-10-21-36(34)40-25-28-14-5-6-17-30(28)32-24-38-33(23-37(32)40)31-18-7-9-20-35(31)41(38)29-16-11-15-27(22-29)26-12-3-2-4-13-26/h2-24H,1,25H2. The van der Waals surface area contributed by atoms with E-state index in [0.29, 0.717) is 0 Å². The largest absolute Gasteiger partial charge is 0.335 e. The summed E-state index contributed by atoms with van der Waals surface area (Å²) in [7, 11) is 0. The lowest BCUT2D eigenvalue weighted by atomic mass is 9.91. The summed E-state index contributed by atoms with van der Waals surface area (Å²) >= 11 is 0. The third-order valence-electron chi connectivity index (χ3n) is 8.27. The van der Waals surface area contributed by atoms with Crippen LogP contribution in [0.5, 0.6) is 0 Å². The van der Waals surface area contributed by atoms with E-state index < -0.39 is 0 Å². The van der Waals surface area contributed by atoms with E-state index >= 15 is 0 Å². The highest BCUT2D eigenvalue weighted by Crippen LogP contribution is 2.48. The van der Waals surface area contributed by atoms with Gasteiger partial charge in [-0.3, -0.25) is 4.99 Å². The van der Waals surface area contributed by atoms with Gasteiger partial charge in [0.1, 0.15) is 0 Å². The fourth-order valence-corrected chi connectivity index (χ4v) is 6.39. The number of aliphatic imine (C=N–C) groups is 1. The Balaban J connectivity index is 1.43. The first kappa shape index (κ1) is 23.5. The molecule has 0 fully saturated rings. The predicted octanol–water partition coefficient (Wildman–Crippen LogP) is 10.1. The van der Waals surface area contributed by atoms with Gasteiger partial charge in [0.15, 0.2) is 0 Å². The van der Waals surface area contributed by atoms with Gasteiger partial charge >= 0.3 is 0 Å². The molecule has 1 aromatic heterocycles. The van der Waals surface area contributed by atoms with Crippen LogP contribution in [0.15, 0.2) is 145 Å². The average Bonchev–Trinajstić information content (AvgIpc) is 3.37. The highest BCUT2D eigenvalue weighted by Gasteiger charge is 2.26. The maximum atomic E-state index is 4.37. The van der Waals surface area contributed by atoms with Crippen LogP contribution in [0.25, 0.3) is 49.7 Å². The van der Waals surface area contributed by atoms with Crippen molar-refractivity contribution in [2.45, 2.75) is 6.54 Å². The zero-order valence-electron chi connectivity index (χ0n) is 22.5. The summed E-state index contributed by atoms with van der Waals surface area (Å²) < 4.78 is 2.41. The number of hydrogen-bond acceptors (Lipinski definition) is 2. The summed E-state index contributed by atoms with van der Waals surface area (Å²) in [4.78, 5) is 6.76. The molecule has 194 valence electrons. The molecule has 0 saturated carbocycles. The van der Waals surface area contributed by atoms with Crippen molar-refractivity contribution in [3.63, 3.8) is 0 Å². The minimum atomic E-state index is 0.777. The third-order valence-corrected chi connectivity index (χ3v) is 8.27. The average molecular weight is 526 g/mol. The molecule has 0 spiro atoms. The van der Waals surface area contributed by atoms with Crippen LogP contribution in [-0.4, -0.2) is 11.3 Å². The van der Waals surface area contributed by atoms with E-state index in [4.69, 9.17) is 0 Å². The first-order valence-corrected chi connectivity index (χ1v) is 13.9. The number of aromatic nitrogens is 1. The maximum absolute atomic E-state index is 4.37. The second kappa shape index (κ2) is 9.35. The quantitative estimate of drug-likeness (QED) is 0.209. The smallest absolute Gasteiger partial charge is 0.0859 e. The summed E-state index contributed by atoms with van der Waals surface area (Å²) in [5, 5.41) is 2.47. The number of nitrogens with zero attached hydrogens (tertiary/aromatic N) is 3. The minimum absolute atomic E-state index is 0.777. The zero-order chi connectivity index (χ0) is 27.3. The van der Waals surface area contributed by atoms with Gasteiger partial charge in [-0.15, -0.1) is 0 Å². The van der Waals surface area contributed by atoms with Crippen molar-refractivity contribution in [2.24, 2.45) is 4.99 Å². The van der Waals surface area contributed by atoms with Gasteiger partial charge in [-0.2, -0.15) is 0 Å². The molecule has 1 aliphatic heterocycles. The highest BCUT2D eigenvalue weighted by atomic mass is 15.2. The van der Waals surface area contributed by atoms with Crippen LogP contribution in [0.3, 0.4) is 0 Å². The number of rotatable bonds is 4. The van der Waals surface area contributed by atoms with E-state index in [1.165, 1.54) is 55.3 Å². The molecule has 0 atom stereocenters. The second-order valence-electron chi connectivity index (χ2n) is 10.5. The summed E-state index contributed by atoms with van der Waals surface area (Å²) in [5.41, 5.74) is 12.9. The number of para-hydroxylation sites is 3. The Morgan fingerprint density at radius 1 is 0.537 bits per heavy atom. The van der Waals surface area contributed by atoms with Crippen LogP contribution in [0, 0.1) is 0 Å². The summed E-state index contributed by atoms with van der Waals surface area (Å²) in [6, 6.07) is 50.0. The molecule has 2 heterocycles. The number of hydrogen-bond donors (Lipinski definition) is 0. The molecule has 0 unspecified atom stereocenters. The van der Waals surface area contributed by atoms with Crippen molar-refractivity contribution < 1.29 is 0 Å². The van der Waals surface area contributed by atoms with Crippen molar-refractivity contribution in [1.82, 2.24) is 4.57 Å². The van der Waals surface area contributed by atoms with Gasteiger partial charge in [0.25, 0.3) is 0 Å². The molecule has 1 aliphatic rings. The fourth-order valence-electron chi connectivity index (χ4n) is 6.39. The zero-order valence-corrected chi connectivity index (χ0v) is 22.5. The van der Waals surface area contributed by atoms with E-state index in [-0.39, 0.29) is 0 Å². The molecular weight excluding hydrogens is 498 g/mol. The summed E-state index contributed by atoms with van der Waals surface area (Å²) in [6.45, 7) is 4.64. The molecule has 3 nitrogen and oxygen atoms in total. The molecule has 0 saturated heterocycles. The van der Waals surface area contributed by atoms with Crippen LogP contribution >= 0.6 is 0 Å². The van der Waals surface area contributed by atoms with Crippen LogP contribution in [0.1, 0.15) is 5.56 Å². The van der Waals surface area contributed by atoms with Crippen LogP contribution in [-0.2, 0) is 6.54 Å². The Labute approximate surface area is 239 Å². The lowest BCUT2D eigenvalue weighted by molar-refractivity contribution is 0.962. The van der Waals surface area contributed by atoms with Crippen molar-refractivity contribution in [1.29, 1.82) is 0 Å².